The fraction of sp³-hybridized carbons (Fsp3) is 0.0769. The zero-order chi connectivity index (χ0) is 13.0. The summed E-state index contributed by atoms with van der Waals surface area (Å²) in [5.74, 6) is -0.246. The SMILES string of the molecule is O=C(O)/C=C/C(=O)/C=C/c1ccc2c(c1)OCO2. The van der Waals surface area contributed by atoms with Gasteiger partial charge in [0.15, 0.2) is 17.3 Å². The van der Waals surface area contributed by atoms with Crippen LogP contribution in [0.3, 0.4) is 0 Å². The Labute approximate surface area is 103 Å². The van der Waals surface area contributed by atoms with Crippen LogP contribution in [0.2, 0.25) is 0 Å². The second kappa shape index (κ2) is 5.18. The van der Waals surface area contributed by atoms with Crippen molar-refractivity contribution in [2.24, 2.45) is 0 Å². The number of allylic oxidation sites excluding steroid dienone is 2. The van der Waals surface area contributed by atoms with Gasteiger partial charge in [-0.25, -0.2) is 4.79 Å². The summed E-state index contributed by atoms with van der Waals surface area (Å²) in [6.07, 6.45) is 4.66. The molecule has 0 aliphatic carbocycles. The van der Waals surface area contributed by atoms with E-state index in [9.17, 15) is 9.59 Å². The van der Waals surface area contributed by atoms with Gasteiger partial charge in [-0.15, -0.1) is 0 Å². The molecule has 2 rings (SSSR count). The van der Waals surface area contributed by atoms with Crippen LogP contribution in [0.5, 0.6) is 11.5 Å². The van der Waals surface area contributed by atoms with Gasteiger partial charge >= 0.3 is 5.97 Å². The fourth-order valence-corrected chi connectivity index (χ4v) is 1.40. The number of ketones is 1. The van der Waals surface area contributed by atoms with Crippen molar-refractivity contribution in [2.75, 3.05) is 6.79 Å². The predicted molar refractivity (Wildman–Crippen MR) is 63.4 cm³/mol. The number of carboxylic acids is 1. The summed E-state index contributed by atoms with van der Waals surface area (Å²) in [7, 11) is 0. The molecule has 18 heavy (non-hydrogen) atoms. The van der Waals surface area contributed by atoms with Gasteiger partial charge in [0.1, 0.15) is 0 Å². The molecule has 1 aromatic carbocycles. The summed E-state index contributed by atoms with van der Waals surface area (Å²) >= 11 is 0. The van der Waals surface area contributed by atoms with Crippen molar-refractivity contribution in [3.8, 4) is 11.5 Å². The van der Waals surface area contributed by atoms with Gasteiger partial charge in [0.2, 0.25) is 6.79 Å². The molecule has 0 bridgehead atoms. The van der Waals surface area contributed by atoms with Gasteiger partial charge in [-0.3, -0.25) is 4.79 Å². The predicted octanol–water partition coefficient (Wildman–Crippen LogP) is 1.64. The topological polar surface area (TPSA) is 72.8 Å². The van der Waals surface area contributed by atoms with Crippen molar-refractivity contribution in [2.45, 2.75) is 0 Å². The molecule has 0 radical (unpaired) electrons. The van der Waals surface area contributed by atoms with E-state index in [1.165, 1.54) is 6.08 Å². The highest BCUT2D eigenvalue weighted by molar-refractivity contribution is 6.04. The molecule has 5 nitrogen and oxygen atoms in total. The van der Waals surface area contributed by atoms with E-state index in [4.69, 9.17) is 14.6 Å². The number of aliphatic carboxylic acids is 1. The Kier molecular flexibility index (Phi) is 3.43. The number of ether oxygens (including phenoxy) is 2. The average molecular weight is 246 g/mol. The minimum absolute atomic E-state index is 0.197. The quantitative estimate of drug-likeness (QED) is 0.817. The maximum Gasteiger partial charge on any atom is 0.328 e. The lowest BCUT2D eigenvalue weighted by atomic mass is 10.1. The first-order valence-electron chi connectivity index (χ1n) is 5.18. The highest BCUT2D eigenvalue weighted by Crippen LogP contribution is 2.32. The number of carbonyl (C=O) groups excluding carboxylic acids is 1. The second-order valence-corrected chi connectivity index (χ2v) is 3.52. The molecule has 0 saturated heterocycles. The summed E-state index contributed by atoms with van der Waals surface area (Å²) in [6, 6.07) is 5.27. The maximum absolute atomic E-state index is 11.3. The second-order valence-electron chi connectivity index (χ2n) is 3.52. The molecule has 1 aliphatic heterocycles. The first kappa shape index (κ1) is 11.9. The van der Waals surface area contributed by atoms with E-state index in [-0.39, 0.29) is 6.79 Å². The number of fused-ring (bicyclic) bond motifs is 1. The number of rotatable bonds is 4. The van der Waals surface area contributed by atoms with Crippen molar-refractivity contribution in [1.29, 1.82) is 0 Å². The maximum atomic E-state index is 11.3. The number of hydrogen-bond donors (Lipinski definition) is 1. The molecule has 1 aliphatic rings. The van der Waals surface area contributed by atoms with Crippen molar-refractivity contribution < 1.29 is 24.2 Å². The van der Waals surface area contributed by atoms with Gasteiger partial charge in [-0.2, -0.15) is 0 Å². The Balaban J connectivity index is 2.05. The molecule has 0 aromatic heterocycles. The first-order chi connectivity index (χ1) is 8.65. The Morgan fingerprint density at radius 3 is 2.67 bits per heavy atom. The lowest BCUT2D eigenvalue weighted by molar-refractivity contribution is -0.131. The minimum atomic E-state index is -1.15. The van der Waals surface area contributed by atoms with Crippen molar-refractivity contribution in [3.63, 3.8) is 0 Å². The highest BCUT2D eigenvalue weighted by Gasteiger charge is 2.12. The average Bonchev–Trinajstić information content (AvgIpc) is 2.81. The molecule has 0 spiro atoms. The Morgan fingerprint density at radius 2 is 1.89 bits per heavy atom. The summed E-state index contributed by atoms with van der Waals surface area (Å²) in [4.78, 5) is 21.5. The largest absolute Gasteiger partial charge is 0.478 e. The lowest BCUT2D eigenvalue weighted by Gasteiger charge is -1.96. The first-order valence-corrected chi connectivity index (χ1v) is 5.18. The summed E-state index contributed by atoms with van der Waals surface area (Å²) in [6.45, 7) is 0.197. The fourth-order valence-electron chi connectivity index (χ4n) is 1.40. The number of carboxylic acid groups (broad SMARTS) is 1. The van der Waals surface area contributed by atoms with Crippen LogP contribution < -0.4 is 9.47 Å². The molecular weight excluding hydrogens is 236 g/mol. The monoisotopic (exact) mass is 246 g/mol. The van der Waals surface area contributed by atoms with Gasteiger partial charge in [0, 0.05) is 6.08 Å². The van der Waals surface area contributed by atoms with E-state index >= 15 is 0 Å². The molecule has 0 atom stereocenters. The van der Waals surface area contributed by atoms with Gasteiger partial charge < -0.3 is 14.6 Å². The number of carbonyl (C=O) groups is 2. The molecule has 5 heteroatoms. The molecule has 1 N–H and O–H groups in total. The highest BCUT2D eigenvalue weighted by atomic mass is 16.7. The molecular formula is C13H10O5. The third-order valence-electron chi connectivity index (χ3n) is 2.23. The molecule has 0 amide bonds. The lowest BCUT2D eigenvalue weighted by Crippen LogP contribution is -1.92. The number of benzene rings is 1. The Morgan fingerprint density at radius 1 is 1.11 bits per heavy atom. The van der Waals surface area contributed by atoms with Gasteiger partial charge in [-0.1, -0.05) is 12.1 Å². The summed E-state index contributed by atoms with van der Waals surface area (Å²) in [5.41, 5.74) is 0.774. The molecule has 0 saturated carbocycles. The standard InChI is InChI=1S/C13H10O5/c14-10(4-6-13(15)16)3-1-9-2-5-11-12(7-9)18-8-17-11/h1-7H,8H2,(H,15,16)/b3-1+,6-4+. The summed E-state index contributed by atoms with van der Waals surface area (Å²) < 4.78 is 10.3. The Hall–Kier alpha value is -2.56. The minimum Gasteiger partial charge on any atom is -0.478 e. The third-order valence-corrected chi connectivity index (χ3v) is 2.23. The van der Waals surface area contributed by atoms with Crippen LogP contribution in [0.4, 0.5) is 0 Å². The zero-order valence-corrected chi connectivity index (χ0v) is 9.33. The van der Waals surface area contributed by atoms with Crippen LogP contribution in [-0.2, 0) is 9.59 Å². The smallest absolute Gasteiger partial charge is 0.328 e. The van der Waals surface area contributed by atoms with Gasteiger partial charge in [0.25, 0.3) is 0 Å². The van der Waals surface area contributed by atoms with Crippen molar-refractivity contribution in [3.05, 3.63) is 42.0 Å². The molecule has 0 fully saturated rings. The van der Waals surface area contributed by atoms with Crippen molar-refractivity contribution in [1.82, 2.24) is 0 Å². The third kappa shape index (κ3) is 2.98. The van der Waals surface area contributed by atoms with E-state index in [1.807, 2.05) is 0 Å². The van der Waals surface area contributed by atoms with E-state index in [2.05, 4.69) is 0 Å². The molecule has 1 aromatic rings. The van der Waals surface area contributed by atoms with E-state index in [1.54, 1.807) is 24.3 Å². The van der Waals surface area contributed by atoms with Crippen LogP contribution in [0.1, 0.15) is 5.56 Å². The van der Waals surface area contributed by atoms with Crippen LogP contribution in [0.15, 0.2) is 36.4 Å². The van der Waals surface area contributed by atoms with Crippen LogP contribution >= 0.6 is 0 Å². The van der Waals surface area contributed by atoms with E-state index in [0.29, 0.717) is 11.5 Å². The van der Waals surface area contributed by atoms with E-state index in [0.717, 1.165) is 17.7 Å². The zero-order valence-electron chi connectivity index (χ0n) is 9.33. The van der Waals surface area contributed by atoms with Crippen molar-refractivity contribution >= 4 is 17.8 Å². The molecule has 0 unspecified atom stereocenters. The van der Waals surface area contributed by atoms with Gasteiger partial charge in [0.05, 0.1) is 0 Å². The normalized spacial score (nSPS) is 13.3. The number of hydrogen-bond acceptors (Lipinski definition) is 4. The molecule has 92 valence electrons. The summed E-state index contributed by atoms with van der Waals surface area (Å²) in [5, 5.41) is 8.36. The Bertz CT molecular complexity index is 542. The van der Waals surface area contributed by atoms with Crippen LogP contribution in [0, 0.1) is 0 Å². The van der Waals surface area contributed by atoms with Gasteiger partial charge in [-0.05, 0) is 29.8 Å². The van der Waals surface area contributed by atoms with E-state index < -0.39 is 11.8 Å². The van der Waals surface area contributed by atoms with Crippen LogP contribution in [0.25, 0.3) is 6.08 Å². The van der Waals surface area contributed by atoms with Crippen LogP contribution in [-0.4, -0.2) is 23.7 Å². The molecule has 1 heterocycles.